The summed E-state index contributed by atoms with van der Waals surface area (Å²) in [5.41, 5.74) is 0. The van der Waals surface area contributed by atoms with Crippen LogP contribution in [0.3, 0.4) is 0 Å². The predicted molar refractivity (Wildman–Crippen MR) is 410 cm³/mol. The van der Waals surface area contributed by atoms with Gasteiger partial charge in [0.15, 0.2) is 0 Å². The zero-order valence-corrected chi connectivity index (χ0v) is 53.1. The Hall–Kier alpha value is -7.51. The van der Waals surface area contributed by atoms with Crippen molar-refractivity contribution >= 4 is 110 Å². The fourth-order valence-electron chi connectivity index (χ4n) is 13.3. The Balaban J connectivity index is 0.000000205. The summed E-state index contributed by atoms with van der Waals surface area (Å²) in [5, 5.41) is 17.7. The second-order valence-electron chi connectivity index (χ2n) is 22.3. The van der Waals surface area contributed by atoms with Gasteiger partial charge in [-0.3, -0.25) is 0 Å². The van der Waals surface area contributed by atoms with E-state index in [1.54, 1.807) is 0 Å². The van der Waals surface area contributed by atoms with Crippen LogP contribution in [0.15, 0.2) is 364 Å². The molecule has 0 aliphatic rings. The number of unbranched alkanes of at least 4 members (excludes halogenated alkanes) is 4. The predicted octanol–water partition coefficient (Wildman–Crippen LogP) is 13.4. The summed E-state index contributed by atoms with van der Waals surface area (Å²) in [7, 11) is -7.20. The van der Waals surface area contributed by atoms with Crippen molar-refractivity contribution in [1.82, 2.24) is 0 Å². The van der Waals surface area contributed by atoms with Crippen molar-refractivity contribution < 1.29 is 0 Å². The van der Waals surface area contributed by atoms with E-state index in [0.29, 0.717) is 0 Å². The monoisotopic (exact) mass is 1220 g/mol. The third-order valence-electron chi connectivity index (χ3n) is 17.3. The average Bonchev–Trinajstić information content (AvgIpc) is 3.23. The molecule has 0 spiro atoms. The number of rotatable bonds is 24. The molecule has 0 bridgehead atoms. The van der Waals surface area contributed by atoms with Gasteiger partial charge >= 0.3 is 0 Å². The minimum absolute atomic E-state index is 0. The molecule has 0 N–H and O–H groups in total. The van der Waals surface area contributed by atoms with Crippen LogP contribution in [0.5, 0.6) is 0 Å². The highest BCUT2D eigenvalue weighted by Crippen LogP contribution is 2.60. The maximum absolute atomic E-state index is 2.37. The highest BCUT2D eigenvalue weighted by atomic mass is 31.2. The van der Waals surface area contributed by atoms with Gasteiger partial charge in [-0.05, 0) is 184 Å². The highest BCUT2D eigenvalue weighted by Gasteiger charge is 2.49. The average molecular weight is 1220 g/mol. The molecule has 88 heavy (non-hydrogen) atoms. The Morgan fingerprint density at radius 1 is 0.125 bits per heavy atom. The maximum Gasteiger partial charge on any atom is 0.112 e. The standard InChI is InChI=1S/2C41H40P2.2BH4/c2*1-8-22-36(23-9-1)42(37-24-10-2-11-25-37,38-26-12-3-13-27-38)34-20-7-21-35-43(39-28-14-4-15-29-39,40-30-16-5-17-31-40)41-32-18-6-19-33-41;;/h2*1-6,8-19,22-33H,7,20-21,34-35H2;2*1H4/q2*+2;2*-1. The molecule has 12 aromatic carbocycles. The van der Waals surface area contributed by atoms with Crippen molar-refractivity contribution in [3.05, 3.63) is 364 Å². The van der Waals surface area contributed by atoms with Crippen LogP contribution < -0.4 is 63.7 Å². The molecule has 0 fully saturated rings. The topological polar surface area (TPSA) is 0 Å². The molecule has 6 heteroatoms. The molecule has 0 atom stereocenters. The first kappa shape index (κ1) is 64.9. The lowest BCUT2D eigenvalue weighted by atomic mass is 10.3. The van der Waals surface area contributed by atoms with Crippen molar-refractivity contribution in [2.24, 2.45) is 0 Å². The summed E-state index contributed by atoms with van der Waals surface area (Å²) in [6.45, 7) is 0. The fourth-order valence-corrected chi connectivity index (χ4v) is 30.9. The van der Waals surface area contributed by atoms with E-state index < -0.39 is 29.0 Å². The van der Waals surface area contributed by atoms with Gasteiger partial charge in [0.25, 0.3) is 0 Å². The van der Waals surface area contributed by atoms with Gasteiger partial charge in [-0.2, -0.15) is 0 Å². The lowest BCUT2D eigenvalue weighted by Gasteiger charge is -2.29. The van der Waals surface area contributed by atoms with Gasteiger partial charge in [-0.15, -0.1) is 0 Å². The van der Waals surface area contributed by atoms with Crippen LogP contribution >= 0.6 is 29.0 Å². The van der Waals surface area contributed by atoms with E-state index >= 15 is 0 Å². The van der Waals surface area contributed by atoms with Gasteiger partial charge in [-0.25, -0.2) is 0 Å². The molecule has 0 heterocycles. The van der Waals surface area contributed by atoms with Crippen LogP contribution in [0.25, 0.3) is 0 Å². The highest BCUT2D eigenvalue weighted by molar-refractivity contribution is 7.97. The zero-order valence-electron chi connectivity index (χ0n) is 49.5. The molecule has 0 radical (unpaired) electrons. The summed E-state index contributed by atoms with van der Waals surface area (Å²) in [4.78, 5) is 0. The van der Waals surface area contributed by atoms with Gasteiger partial charge in [0.05, 0.1) is 24.6 Å². The molecule has 0 aliphatic heterocycles. The van der Waals surface area contributed by atoms with Crippen LogP contribution in [-0.4, -0.2) is 41.5 Å². The molecule has 12 rings (SSSR count). The van der Waals surface area contributed by atoms with Gasteiger partial charge in [-0.1, -0.05) is 235 Å². The fraction of sp³-hybridized carbons (Fsp3) is 0.122. The Morgan fingerprint density at radius 3 is 0.307 bits per heavy atom. The third kappa shape index (κ3) is 14.5. The molecule has 0 nitrogen and oxygen atoms in total. The second kappa shape index (κ2) is 32.6. The molecule has 0 aromatic heterocycles. The Bertz CT molecular complexity index is 2940. The molecule has 0 aliphatic carbocycles. The van der Waals surface area contributed by atoms with Crippen LogP contribution in [0.2, 0.25) is 0 Å². The second-order valence-corrected chi connectivity index (χ2v) is 36.7. The first-order valence-corrected chi connectivity index (χ1v) is 38.8. The van der Waals surface area contributed by atoms with E-state index in [1.807, 2.05) is 0 Å². The first-order chi connectivity index (χ1) is 42.7. The SMILES string of the molecule is [BH4-].[BH4-].c1ccc([P+](CCCCC[P+](c2ccccc2)(c2ccccc2)c2ccccc2)(c2ccccc2)c2ccccc2)cc1.c1ccc([P+](CCCCC[P+](c2ccccc2)(c2ccccc2)c2ccccc2)(c2ccccc2)c2ccccc2)cc1. The molecule has 0 saturated carbocycles. The number of benzene rings is 12. The van der Waals surface area contributed by atoms with E-state index in [0.717, 1.165) is 0 Å². The smallest absolute Gasteiger partial charge is 0.0626 e. The summed E-state index contributed by atoms with van der Waals surface area (Å²) in [6, 6.07) is 136. The lowest BCUT2D eigenvalue weighted by molar-refractivity contribution is 0.780. The molecule has 0 unspecified atom stereocenters. The summed E-state index contributed by atoms with van der Waals surface area (Å²) < 4.78 is 0. The van der Waals surface area contributed by atoms with Crippen LogP contribution in [-0.2, 0) is 0 Å². The Kier molecular flexibility index (Phi) is 24.1. The van der Waals surface area contributed by atoms with Gasteiger partial charge in [0, 0.05) is 0 Å². The van der Waals surface area contributed by atoms with Crippen LogP contribution in [0.4, 0.5) is 0 Å². The maximum atomic E-state index is 2.37. The van der Waals surface area contributed by atoms with Crippen molar-refractivity contribution in [2.75, 3.05) is 24.6 Å². The van der Waals surface area contributed by atoms with E-state index in [2.05, 4.69) is 364 Å². The molecular formula is C82H88B2P4+2. The van der Waals surface area contributed by atoms with Crippen LogP contribution in [0.1, 0.15) is 38.5 Å². The molecule has 440 valence electrons. The zero-order chi connectivity index (χ0) is 58.4. The quantitative estimate of drug-likeness (QED) is 0.0321. The van der Waals surface area contributed by atoms with E-state index in [-0.39, 0.29) is 16.8 Å². The molecule has 0 saturated heterocycles. The van der Waals surface area contributed by atoms with E-state index in [1.165, 1.54) is 127 Å². The van der Waals surface area contributed by atoms with Crippen molar-refractivity contribution in [1.29, 1.82) is 0 Å². The van der Waals surface area contributed by atoms with Crippen molar-refractivity contribution in [3.63, 3.8) is 0 Å². The molecule has 0 amide bonds. The van der Waals surface area contributed by atoms with Crippen molar-refractivity contribution in [2.45, 2.75) is 38.5 Å². The number of hydrogen-bond donors (Lipinski definition) is 0. The molecular weight excluding hydrogens is 1130 g/mol. The minimum atomic E-state index is -1.80. The normalized spacial score (nSPS) is 11.5. The summed E-state index contributed by atoms with van der Waals surface area (Å²) in [5.74, 6) is 0. The van der Waals surface area contributed by atoms with Crippen molar-refractivity contribution in [3.8, 4) is 0 Å². The molecule has 12 aromatic rings. The van der Waals surface area contributed by atoms with E-state index in [4.69, 9.17) is 0 Å². The number of hydrogen-bond acceptors (Lipinski definition) is 0. The Labute approximate surface area is 533 Å². The van der Waals surface area contributed by atoms with Crippen LogP contribution in [0, 0.1) is 0 Å². The van der Waals surface area contributed by atoms with Gasteiger partial charge in [0.2, 0.25) is 0 Å². The van der Waals surface area contributed by atoms with Gasteiger partial charge in [0.1, 0.15) is 92.7 Å². The van der Waals surface area contributed by atoms with Gasteiger partial charge < -0.3 is 0 Å². The largest absolute Gasteiger partial charge is 0.112 e. The first-order valence-electron chi connectivity index (χ1n) is 30.9. The third-order valence-corrected chi connectivity index (χ3v) is 35.4. The minimum Gasteiger partial charge on any atom is -0.0626 e. The summed E-state index contributed by atoms with van der Waals surface area (Å²) >= 11 is 0. The Morgan fingerprint density at radius 2 is 0.216 bits per heavy atom. The summed E-state index contributed by atoms with van der Waals surface area (Å²) in [6.07, 6.45) is 11.9. The van der Waals surface area contributed by atoms with E-state index in [9.17, 15) is 0 Å². The lowest BCUT2D eigenvalue weighted by Crippen LogP contribution is -2.34.